The van der Waals surface area contributed by atoms with Gasteiger partial charge in [0, 0.05) is 6.04 Å². The third kappa shape index (κ3) is 3.76. The summed E-state index contributed by atoms with van der Waals surface area (Å²) < 4.78 is 5.83. The molecule has 0 spiro atoms. The summed E-state index contributed by atoms with van der Waals surface area (Å²) in [7, 11) is 0. The quantitative estimate of drug-likeness (QED) is 0.792. The van der Waals surface area contributed by atoms with E-state index in [1.165, 1.54) is 50.5 Å². The van der Waals surface area contributed by atoms with Crippen LogP contribution in [0.25, 0.3) is 0 Å². The summed E-state index contributed by atoms with van der Waals surface area (Å²) >= 11 is 0. The van der Waals surface area contributed by atoms with E-state index in [0.29, 0.717) is 12.1 Å². The predicted octanol–water partition coefficient (Wildman–Crippen LogP) is 4.46. The number of hydrogen-bond acceptors (Lipinski definition) is 2. The maximum Gasteiger partial charge on any atom is 0.119 e. The molecule has 1 N–H and O–H groups in total. The summed E-state index contributed by atoms with van der Waals surface area (Å²) in [5.74, 6) is 1.95. The monoisotopic (exact) mass is 273 g/mol. The first-order chi connectivity index (χ1) is 9.85. The fraction of sp³-hybridized carbons (Fsp3) is 0.667. The van der Waals surface area contributed by atoms with Gasteiger partial charge in [-0.25, -0.2) is 0 Å². The Hall–Kier alpha value is -1.02. The second-order valence-corrected chi connectivity index (χ2v) is 6.38. The third-order valence-corrected chi connectivity index (χ3v) is 4.60. The van der Waals surface area contributed by atoms with Gasteiger partial charge in [0.25, 0.3) is 0 Å². The minimum atomic E-state index is 0.490. The molecule has 3 rings (SSSR count). The zero-order chi connectivity index (χ0) is 13.8. The molecule has 110 valence electrons. The Morgan fingerprint density at radius 1 is 1.10 bits per heavy atom. The molecule has 2 nitrogen and oxygen atoms in total. The highest BCUT2D eigenvalue weighted by atomic mass is 16.5. The summed E-state index contributed by atoms with van der Waals surface area (Å²) in [5, 5.41) is 3.66. The molecule has 1 unspecified atom stereocenters. The van der Waals surface area contributed by atoms with Crippen LogP contribution in [0, 0.1) is 5.92 Å². The van der Waals surface area contributed by atoms with E-state index in [2.05, 4.69) is 36.5 Å². The van der Waals surface area contributed by atoms with Crippen molar-refractivity contribution in [2.75, 3.05) is 6.54 Å². The highest BCUT2D eigenvalue weighted by Gasteiger charge is 2.24. The van der Waals surface area contributed by atoms with Crippen LogP contribution in [0.5, 0.6) is 5.75 Å². The molecule has 0 amide bonds. The van der Waals surface area contributed by atoms with Crippen molar-refractivity contribution in [2.24, 2.45) is 5.92 Å². The fourth-order valence-corrected chi connectivity index (χ4v) is 3.32. The van der Waals surface area contributed by atoms with Crippen molar-refractivity contribution in [2.45, 2.75) is 64.0 Å². The van der Waals surface area contributed by atoms with E-state index in [1.807, 2.05) is 0 Å². The number of rotatable bonds is 7. The first kappa shape index (κ1) is 13.9. The van der Waals surface area contributed by atoms with Gasteiger partial charge in [0.1, 0.15) is 5.75 Å². The molecule has 0 radical (unpaired) electrons. The Kier molecular flexibility index (Phi) is 4.62. The summed E-state index contributed by atoms with van der Waals surface area (Å²) in [5.41, 5.74) is 1.42. The van der Waals surface area contributed by atoms with E-state index in [4.69, 9.17) is 4.74 Å². The molecule has 0 aliphatic heterocycles. The minimum absolute atomic E-state index is 0.490. The van der Waals surface area contributed by atoms with Gasteiger partial charge in [0.15, 0.2) is 0 Å². The number of nitrogens with one attached hydrogen (secondary N) is 1. The Morgan fingerprint density at radius 3 is 2.40 bits per heavy atom. The number of benzene rings is 1. The fourth-order valence-electron chi connectivity index (χ4n) is 3.32. The standard InChI is InChI=1S/C18H27NO/c1-2-19-18(13-14-5-3-4-6-14)15-7-9-16(10-8-15)20-17-11-12-17/h7-10,14,17-19H,2-6,11-13H2,1H3. The molecule has 2 aliphatic rings. The van der Waals surface area contributed by atoms with E-state index in [1.54, 1.807) is 0 Å². The van der Waals surface area contributed by atoms with Crippen molar-refractivity contribution < 1.29 is 4.74 Å². The number of hydrogen-bond donors (Lipinski definition) is 1. The third-order valence-electron chi connectivity index (χ3n) is 4.60. The second-order valence-electron chi connectivity index (χ2n) is 6.38. The molecule has 1 atom stereocenters. The predicted molar refractivity (Wildman–Crippen MR) is 83.1 cm³/mol. The lowest BCUT2D eigenvalue weighted by atomic mass is 9.93. The molecule has 1 aromatic rings. The molecule has 1 aromatic carbocycles. The zero-order valence-corrected chi connectivity index (χ0v) is 12.6. The minimum Gasteiger partial charge on any atom is -0.490 e. The van der Waals surface area contributed by atoms with Crippen LogP contribution in [0.1, 0.15) is 63.5 Å². The van der Waals surface area contributed by atoms with Gasteiger partial charge < -0.3 is 10.1 Å². The SMILES string of the molecule is CCNC(CC1CCCC1)c1ccc(OC2CC2)cc1. The molecule has 2 aliphatic carbocycles. The van der Waals surface area contributed by atoms with Crippen LogP contribution < -0.4 is 10.1 Å². The topological polar surface area (TPSA) is 21.3 Å². The van der Waals surface area contributed by atoms with Gasteiger partial charge in [0.05, 0.1) is 6.10 Å². The molecule has 2 heteroatoms. The van der Waals surface area contributed by atoms with E-state index in [0.717, 1.165) is 18.2 Å². The zero-order valence-electron chi connectivity index (χ0n) is 12.6. The molecule has 20 heavy (non-hydrogen) atoms. The van der Waals surface area contributed by atoms with Gasteiger partial charge in [-0.05, 0) is 49.4 Å². The highest BCUT2D eigenvalue weighted by molar-refractivity contribution is 5.29. The van der Waals surface area contributed by atoms with Crippen LogP contribution in [-0.2, 0) is 0 Å². The van der Waals surface area contributed by atoms with E-state index >= 15 is 0 Å². The van der Waals surface area contributed by atoms with Crippen molar-refractivity contribution >= 4 is 0 Å². The Morgan fingerprint density at radius 2 is 1.80 bits per heavy atom. The summed E-state index contributed by atoms with van der Waals surface area (Å²) in [6.07, 6.45) is 9.93. The summed E-state index contributed by atoms with van der Waals surface area (Å²) in [4.78, 5) is 0. The molecule has 0 heterocycles. The smallest absolute Gasteiger partial charge is 0.119 e. The Labute approximate surface area is 122 Å². The Bertz CT molecular complexity index is 404. The largest absolute Gasteiger partial charge is 0.490 e. The summed E-state index contributed by atoms with van der Waals surface area (Å²) in [6, 6.07) is 9.30. The molecule has 0 aromatic heterocycles. The lowest BCUT2D eigenvalue weighted by Crippen LogP contribution is -2.23. The highest BCUT2D eigenvalue weighted by Crippen LogP contribution is 2.34. The second kappa shape index (κ2) is 6.62. The van der Waals surface area contributed by atoms with Crippen molar-refractivity contribution in [1.82, 2.24) is 5.32 Å². The summed E-state index contributed by atoms with van der Waals surface area (Å²) in [6.45, 7) is 3.24. The van der Waals surface area contributed by atoms with Crippen LogP contribution >= 0.6 is 0 Å². The molecule has 2 saturated carbocycles. The van der Waals surface area contributed by atoms with Crippen molar-refractivity contribution in [3.8, 4) is 5.75 Å². The van der Waals surface area contributed by atoms with Crippen LogP contribution in [0.2, 0.25) is 0 Å². The van der Waals surface area contributed by atoms with Gasteiger partial charge in [-0.3, -0.25) is 0 Å². The molecule has 0 saturated heterocycles. The van der Waals surface area contributed by atoms with Crippen LogP contribution in [-0.4, -0.2) is 12.6 Å². The van der Waals surface area contributed by atoms with Gasteiger partial charge in [-0.15, -0.1) is 0 Å². The van der Waals surface area contributed by atoms with Gasteiger partial charge in [0.2, 0.25) is 0 Å². The molecule has 2 fully saturated rings. The first-order valence-electron chi connectivity index (χ1n) is 8.35. The first-order valence-corrected chi connectivity index (χ1v) is 8.35. The van der Waals surface area contributed by atoms with Gasteiger partial charge >= 0.3 is 0 Å². The molecular formula is C18H27NO. The van der Waals surface area contributed by atoms with E-state index in [-0.39, 0.29) is 0 Å². The number of ether oxygens (including phenoxy) is 1. The average Bonchev–Trinajstić information content (AvgIpc) is 3.13. The van der Waals surface area contributed by atoms with Crippen LogP contribution in [0.3, 0.4) is 0 Å². The van der Waals surface area contributed by atoms with E-state index in [9.17, 15) is 0 Å². The van der Waals surface area contributed by atoms with E-state index < -0.39 is 0 Å². The van der Waals surface area contributed by atoms with Crippen LogP contribution in [0.15, 0.2) is 24.3 Å². The normalized spacial score (nSPS) is 21.1. The van der Waals surface area contributed by atoms with Gasteiger partial charge in [-0.1, -0.05) is 44.7 Å². The average molecular weight is 273 g/mol. The van der Waals surface area contributed by atoms with Crippen LogP contribution in [0.4, 0.5) is 0 Å². The lowest BCUT2D eigenvalue weighted by molar-refractivity contribution is 0.303. The molecular weight excluding hydrogens is 246 g/mol. The van der Waals surface area contributed by atoms with Gasteiger partial charge in [-0.2, -0.15) is 0 Å². The Balaban J connectivity index is 1.62. The van der Waals surface area contributed by atoms with Crippen molar-refractivity contribution in [3.05, 3.63) is 29.8 Å². The van der Waals surface area contributed by atoms with Crippen molar-refractivity contribution in [1.29, 1.82) is 0 Å². The molecule has 0 bridgehead atoms. The lowest BCUT2D eigenvalue weighted by Gasteiger charge is -2.22. The van der Waals surface area contributed by atoms with Crippen molar-refractivity contribution in [3.63, 3.8) is 0 Å². The maximum atomic E-state index is 5.83. The maximum absolute atomic E-state index is 5.83.